The van der Waals surface area contributed by atoms with Crippen LogP contribution in [0, 0.1) is 0 Å². The molecule has 2 N–H and O–H groups in total. The molecule has 0 saturated carbocycles. The van der Waals surface area contributed by atoms with Gasteiger partial charge in [0, 0.05) is 46.9 Å². The average Bonchev–Trinajstić information content (AvgIpc) is 2.80. The number of methoxy groups -OCH3 is 4. The third kappa shape index (κ3) is 5.99. The van der Waals surface area contributed by atoms with Crippen LogP contribution in [-0.2, 0) is 13.1 Å². The van der Waals surface area contributed by atoms with E-state index in [1.165, 1.54) is 0 Å². The fraction of sp³-hybridized carbons (Fsp3) is 0.250. The lowest BCUT2D eigenvalue weighted by atomic mass is 10.1. The molecule has 0 aliphatic rings. The molecule has 0 radical (unpaired) electrons. The SMILES string of the molecule is COc1ccc(CN(Cc2ccc(OC)cc2OC)Sc2ccc(N)cc2)c(OC)c1. The van der Waals surface area contributed by atoms with Gasteiger partial charge in [-0.25, -0.2) is 4.31 Å². The molecule has 0 unspecified atom stereocenters. The second kappa shape index (κ2) is 10.8. The van der Waals surface area contributed by atoms with E-state index >= 15 is 0 Å². The summed E-state index contributed by atoms with van der Waals surface area (Å²) >= 11 is 1.65. The van der Waals surface area contributed by atoms with Gasteiger partial charge in [0.25, 0.3) is 0 Å². The largest absolute Gasteiger partial charge is 0.497 e. The molecule has 3 aromatic rings. The molecule has 3 aromatic carbocycles. The van der Waals surface area contributed by atoms with Crippen molar-refractivity contribution in [3.05, 3.63) is 71.8 Å². The summed E-state index contributed by atoms with van der Waals surface area (Å²) < 4.78 is 24.1. The molecule has 31 heavy (non-hydrogen) atoms. The molecule has 0 spiro atoms. The topological polar surface area (TPSA) is 66.2 Å². The summed E-state index contributed by atoms with van der Waals surface area (Å²) in [4.78, 5) is 1.09. The Morgan fingerprint density at radius 3 is 1.58 bits per heavy atom. The van der Waals surface area contributed by atoms with E-state index in [0.717, 1.165) is 44.7 Å². The van der Waals surface area contributed by atoms with Crippen molar-refractivity contribution in [2.75, 3.05) is 34.2 Å². The Morgan fingerprint density at radius 2 is 1.16 bits per heavy atom. The van der Waals surface area contributed by atoms with E-state index in [-0.39, 0.29) is 0 Å². The van der Waals surface area contributed by atoms with Gasteiger partial charge < -0.3 is 24.7 Å². The van der Waals surface area contributed by atoms with Crippen LogP contribution in [0.15, 0.2) is 65.6 Å². The zero-order valence-electron chi connectivity index (χ0n) is 18.3. The molecule has 0 bridgehead atoms. The number of hydrogen-bond donors (Lipinski definition) is 1. The Morgan fingerprint density at radius 1 is 0.677 bits per heavy atom. The lowest BCUT2D eigenvalue weighted by molar-refractivity contribution is 0.372. The zero-order chi connectivity index (χ0) is 22.2. The fourth-order valence-corrected chi connectivity index (χ4v) is 4.11. The summed E-state index contributed by atoms with van der Waals surface area (Å²) in [6.45, 7) is 1.30. The standard InChI is InChI=1S/C24H28N2O4S/c1-27-20-9-5-17(23(13-20)29-3)15-26(31-22-11-7-19(25)8-12-22)16-18-6-10-21(28-2)14-24(18)30-4/h5-14H,15-16,25H2,1-4H3. The number of anilines is 1. The molecule has 0 aliphatic carbocycles. The highest BCUT2D eigenvalue weighted by atomic mass is 32.2. The number of nitrogen functional groups attached to an aromatic ring is 1. The van der Waals surface area contributed by atoms with Crippen molar-refractivity contribution in [3.63, 3.8) is 0 Å². The third-order valence-corrected chi connectivity index (χ3v) is 5.80. The molecule has 0 aromatic heterocycles. The Hall–Kier alpha value is -3.03. The van der Waals surface area contributed by atoms with Crippen LogP contribution in [0.4, 0.5) is 5.69 Å². The zero-order valence-corrected chi connectivity index (χ0v) is 19.1. The van der Waals surface area contributed by atoms with Gasteiger partial charge in [0.1, 0.15) is 23.0 Å². The molecule has 0 aliphatic heterocycles. The molecule has 0 heterocycles. The Balaban J connectivity index is 1.90. The van der Waals surface area contributed by atoms with Gasteiger partial charge in [0.05, 0.1) is 28.4 Å². The maximum atomic E-state index is 5.86. The predicted octanol–water partition coefficient (Wildman–Crippen LogP) is 5.01. The van der Waals surface area contributed by atoms with Gasteiger partial charge in [-0.15, -0.1) is 0 Å². The van der Waals surface area contributed by atoms with Crippen molar-refractivity contribution in [3.8, 4) is 23.0 Å². The molecule has 0 fully saturated rings. The molecule has 6 nitrogen and oxygen atoms in total. The summed E-state index contributed by atoms with van der Waals surface area (Å²) in [5, 5.41) is 0. The summed E-state index contributed by atoms with van der Waals surface area (Å²) in [6, 6.07) is 19.6. The molecular formula is C24H28N2O4S. The maximum absolute atomic E-state index is 5.86. The minimum Gasteiger partial charge on any atom is -0.497 e. The monoisotopic (exact) mass is 440 g/mol. The van der Waals surface area contributed by atoms with Crippen LogP contribution in [0.25, 0.3) is 0 Å². The number of ether oxygens (including phenoxy) is 4. The summed E-state index contributed by atoms with van der Waals surface area (Å²) in [7, 11) is 6.63. The van der Waals surface area contributed by atoms with Crippen molar-refractivity contribution in [2.45, 2.75) is 18.0 Å². The second-order valence-electron chi connectivity index (χ2n) is 6.81. The van der Waals surface area contributed by atoms with E-state index in [1.807, 2.05) is 60.7 Å². The first kappa shape index (κ1) is 22.7. The van der Waals surface area contributed by atoms with Gasteiger partial charge in [-0.1, -0.05) is 12.1 Å². The number of nitrogens with zero attached hydrogens (tertiary/aromatic N) is 1. The van der Waals surface area contributed by atoms with Crippen molar-refractivity contribution in [1.82, 2.24) is 4.31 Å². The summed E-state index contributed by atoms with van der Waals surface area (Å²) in [5.41, 5.74) is 8.70. The van der Waals surface area contributed by atoms with E-state index in [2.05, 4.69) is 4.31 Å². The van der Waals surface area contributed by atoms with Gasteiger partial charge in [0.15, 0.2) is 0 Å². The van der Waals surface area contributed by atoms with Crippen molar-refractivity contribution >= 4 is 17.6 Å². The molecule has 0 atom stereocenters. The highest BCUT2D eigenvalue weighted by molar-refractivity contribution is 7.97. The number of benzene rings is 3. The smallest absolute Gasteiger partial charge is 0.127 e. The lowest BCUT2D eigenvalue weighted by Crippen LogP contribution is -2.16. The van der Waals surface area contributed by atoms with Crippen LogP contribution in [0.3, 0.4) is 0 Å². The normalized spacial score (nSPS) is 10.7. The minimum absolute atomic E-state index is 0.650. The number of hydrogen-bond acceptors (Lipinski definition) is 7. The second-order valence-corrected chi connectivity index (χ2v) is 7.98. The van der Waals surface area contributed by atoms with E-state index < -0.39 is 0 Å². The van der Waals surface area contributed by atoms with Gasteiger partial charge in [-0.05, 0) is 48.3 Å². The van der Waals surface area contributed by atoms with Crippen LogP contribution in [0.2, 0.25) is 0 Å². The molecule has 0 saturated heterocycles. The average molecular weight is 441 g/mol. The van der Waals surface area contributed by atoms with E-state index in [0.29, 0.717) is 13.1 Å². The van der Waals surface area contributed by atoms with Gasteiger partial charge in [-0.3, -0.25) is 0 Å². The molecule has 3 rings (SSSR count). The first-order valence-electron chi connectivity index (χ1n) is 9.76. The van der Waals surface area contributed by atoms with Gasteiger partial charge in [0.2, 0.25) is 0 Å². The number of nitrogens with two attached hydrogens (primary N) is 1. The van der Waals surface area contributed by atoms with Crippen LogP contribution in [0.5, 0.6) is 23.0 Å². The molecular weight excluding hydrogens is 412 g/mol. The Kier molecular flexibility index (Phi) is 7.92. The number of rotatable bonds is 10. The van der Waals surface area contributed by atoms with E-state index in [1.54, 1.807) is 40.4 Å². The lowest BCUT2D eigenvalue weighted by Gasteiger charge is -2.24. The maximum Gasteiger partial charge on any atom is 0.127 e. The van der Waals surface area contributed by atoms with E-state index in [4.69, 9.17) is 24.7 Å². The van der Waals surface area contributed by atoms with Gasteiger partial charge in [-0.2, -0.15) is 0 Å². The quantitative estimate of drug-likeness (QED) is 0.351. The van der Waals surface area contributed by atoms with Crippen molar-refractivity contribution < 1.29 is 18.9 Å². The highest BCUT2D eigenvalue weighted by Gasteiger charge is 2.16. The molecule has 164 valence electrons. The van der Waals surface area contributed by atoms with Crippen molar-refractivity contribution in [2.24, 2.45) is 0 Å². The van der Waals surface area contributed by atoms with Crippen molar-refractivity contribution in [1.29, 1.82) is 0 Å². The minimum atomic E-state index is 0.650. The predicted molar refractivity (Wildman–Crippen MR) is 125 cm³/mol. The van der Waals surface area contributed by atoms with Crippen LogP contribution in [-0.4, -0.2) is 32.7 Å². The van der Waals surface area contributed by atoms with Crippen LogP contribution >= 0.6 is 11.9 Å². The van der Waals surface area contributed by atoms with Crippen LogP contribution < -0.4 is 24.7 Å². The van der Waals surface area contributed by atoms with Crippen LogP contribution in [0.1, 0.15) is 11.1 Å². The fourth-order valence-electron chi connectivity index (χ4n) is 3.14. The first-order chi connectivity index (χ1) is 15.1. The molecule has 0 amide bonds. The Labute approximate surface area is 188 Å². The highest BCUT2D eigenvalue weighted by Crippen LogP contribution is 2.34. The first-order valence-corrected chi connectivity index (χ1v) is 10.5. The van der Waals surface area contributed by atoms with Gasteiger partial charge >= 0.3 is 0 Å². The molecule has 7 heteroatoms. The summed E-state index contributed by atoms with van der Waals surface area (Å²) in [5.74, 6) is 3.08. The summed E-state index contributed by atoms with van der Waals surface area (Å²) in [6.07, 6.45) is 0. The Bertz CT molecular complexity index is 938. The van der Waals surface area contributed by atoms with E-state index in [9.17, 15) is 0 Å². The third-order valence-electron chi connectivity index (χ3n) is 4.80.